The highest BCUT2D eigenvalue weighted by molar-refractivity contribution is 7.99. The van der Waals surface area contributed by atoms with Crippen LogP contribution in [0, 0.1) is 23.1 Å². The summed E-state index contributed by atoms with van der Waals surface area (Å²) in [5.41, 5.74) is 11.7. The number of aromatic nitrogens is 2. The highest BCUT2D eigenvalue weighted by atomic mass is 32.2. The Bertz CT molecular complexity index is 1230. The van der Waals surface area contributed by atoms with Crippen molar-refractivity contribution in [2.45, 2.75) is 25.9 Å². The Hall–Kier alpha value is -3.55. The fourth-order valence-electron chi connectivity index (χ4n) is 2.89. The van der Waals surface area contributed by atoms with E-state index in [1.807, 2.05) is 31.2 Å². The number of thiocarbonyl (C=S) groups is 1. The van der Waals surface area contributed by atoms with Gasteiger partial charge in [-0.3, -0.25) is 5.43 Å². The number of anilines is 2. The molecule has 10 heteroatoms. The number of hydrogen-bond acceptors (Lipinski definition) is 7. The molecule has 0 fully saturated rings. The number of hydrazone groups is 1. The van der Waals surface area contributed by atoms with E-state index in [0.29, 0.717) is 33.9 Å². The summed E-state index contributed by atoms with van der Waals surface area (Å²) in [4.78, 5) is 9.22. The van der Waals surface area contributed by atoms with Gasteiger partial charge in [-0.05, 0) is 67.0 Å². The van der Waals surface area contributed by atoms with Gasteiger partial charge in [0.2, 0.25) is 0 Å². The third-order valence-corrected chi connectivity index (χ3v) is 5.93. The molecular formula is C24H24FN7S2. The number of hydrogen-bond donors (Lipinski definition) is 3. The minimum Gasteiger partial charge on any atom is -0.375 e. The third kappa shape index (κ3) is 6.73. The number of nitriles is 1. The molecular weight excluding hydrogens is 469 g/mol. The zero-order valence-electron chi connectivity index (χ0n) is 19.0. The first kappa shape index (κ1) is 25.1. The van der Waals surface area contributed by atoms with Gasteiger partial charge in [0.05, 0.1) is 11.4 Å². The van der Waals surface area contributed by atoms with E-state index in [1.54, 1.807) is 12.1 Å². The summed E-state index contributed by atoms with van der Waals surface area (Å²) in [6, 6.07) is 15.6. The normalized spacial score (nSPS) is 11.2. The minimum absolute atomic E-state index is 0.0912. The number of thioether (sulfide) groups is 1. The summed E-state index contributed by atoms with van der Waals surface area (Å²) in [7, 11) is 0. The Labute approximate surface area is 207 Å². The molecule has 1 aromatic heterocycles. The van der Waals surface area contributed by atoms with Crippen molar-refractivity contribution in [3.63, 3.8) is 0 Å². The lowest BCUT2D eigenvalue weighted by atomic mass is 10.1. The fraction of sp³-hybridized carbons (Fsp3) is 0.208. The Morgan fingerprint density at radius 1 is 1.18 bits per heavy atom. The number of nitrogens with one attached hydrogen (secondary N) is 2. The quantitative estimate of drug-likeness (QED) is 0.129. The molecule has 3 aromatic rings. The van der Waals surface area contributed by atoms with Gasteiger partial charge in [0.15, 0.2) is 16.1 Å². The van der Waals surface area contributed by atoms with Crippen molar-refractivity contribution in [3.8, 4) is 17.3 Å². The summed E-state index contributed by atoms with van der Waals surface area (Å²) in [5.74, 6) is 1.29. The summed E-state index contributed by atoms with van der Waals surface area (Å²) in [6.45, 7) is 6.05. The molecule has 0 amide bonds. The second kappa shape index (κ2) is 11.5. The van der Waals surface area contributed by atoms with Crippen LogP contribution >= 0.6 is 24.0 Å². The molecule has 34 heavy (non-hydrogen) atoms. The van der Waals surface area contributed by atoms with Gasteiger partial charge in [-0.1, -0.05) is 37.7 Å². The van der Waals surface area contributed by atoms with E-state index in [1.165, 1.54) is 23.9 Å². The molecule has 0 bridgehead atoms. The largest absolute Gasteiger partial charge is 0.375 e. The number of benzene rings is 2. The molecule has 3 rings (SSSR count). The van der Waals surface area contributed by atoms with Gasteiger partial charge >= 0.3 is 0 Å². The molecule has 0 saturated heterocycles. The van der Waals surface area contributed by atoms with Gasteiger partial charge in [-0.25, -0.2) is 14.4 Å². The minimum atomic E-state index is -0.355. The van der Waals surface area contributed by atoms with Crippen LogP contribution in [-0.2, 0) is 0 Å². The third-order valence-electron chi connectivity index (χ3n) is 4.56. The predicted molar refractivity (Wildman–Crippen MR) is 140 cm³/mol. The van der Waals surface area contributed by atoms with E-state index in [2.05, 4.69) is 45.7 Å². The van der Waals surface area contributed by atoms with E-state index in [4.69, 9.17) is 18.0 Å². The van der Waals surface area contributed by atoms with E-state index in [-0.39, 0.29) is 16.5 Å². The van der Waals surface area contributed by atoms with E-state index < -0.39 is 0 Å². The van der Waals surface area contributed by atoms with E-state index >= 15 is 0 Å². The van der Waals surface area contributed by atoms with Crippen LogP contribution in [0.15, 0.2) is 58.8 Å². The van der Waals surface area contributed by atoms with Gasteiger partial charge in [0, 0.05) is 17.0 Å². The van der Waals surface area contributed by atoms with Crippen LogP contribution in [0.5, 0.6) is 0 Å². The molecule has 0 saturated carbocycles. The van der Waals surface area contributed by atoms with Gasteiger partial charge < -0.3 is 11.1 Å². The van der Waals surface area contributed by atoms with Crippen LogP contribution in [0.25, 0.3) is 11.3 Å². The number of rotatable bonds is 8. The molecule has 7 nitrogen and oxygen atoms in total. The Morgan fingerprint density at radius 3 is 2.44 bits per heavy atom. The predicted octanol–water partition coefficient (Wildman–Crippen LogP) is 5.20. The molecule has 0 atom stereocenters. The van der Waals surface area contributed by atoms with Crippen molar-refractivity contribution in [2.24, 2.45) is 16.8 Å². The second-order valence-corrected chi connectivity index (χ2v) is 9.20. The number of nitrogens with two attached hydrogens (primary N) is 1. The molecule has 4 N–H and O–H groups in total. The zero-order chi connectivity index (χ0) is 24.7. The van der Waals surface area contributed by atoms with Gasteiger partial charge in [-0.2, -0.15) is 10.4 Å². The molecule has 1 heterocycles. The van der Waals surface area contributed by atoms with Crippen molar-refractivity contribution in [2.75, 3.05) is 11.1 Å². The first-order valence-electron chi connectivity index (χ1n) is 10.4. The molecule has 0 spiro atoms. The number of nitrogens with zero attached hydrogens (tertiary/aromatic N) is 4. The lowest BCUT2D eigenvalue weighted by Gasteiger charge is -2.14. The van der Waals surface area contributed by atoms with Gasteiger partial charge in [0.1, 0.15) is 17.4 Å². The first-order valence-corrected chi connectivity index (χ1v) is 11.8. The maximum Gasteiger partial charge on any atom is 0.190 e. The molecule has 0 aliphatic heterocycles. The average Bonchev–Trinajstić information content (AvgIpc) is 2.82. The first-order chi connectivity index (χ1) is 16.3. The summed E-state index contributed by atoms with van der Waals surface area (Å²) in [5, 5.41) is 17.9. The Balaban J connectivity index is 1.97. The van der Waals surface area contributed by atoms with Gasteiger partial charge in [0.25, 0.3) is 0 Å². The van der Waals surface area contributed by atoms with Gasteiger partial charge in [-0.15, -0.1) is 0 Å². The van der Waals surface area contributed by atoms with E-state index in [0.717, 1.165) is 17.0 Å². The van der Waals surface area contributed by atoms with Crippen LogP contribution in [0.2, 0.25) is 0 Å². The lowest BCUT2D eigenvalue weighted by Crippen LogP contribution is -2.25. The maximum atomic E-state index is 13.5. The molecule has 0 aliphatic carbocycles. The SMILES string of the molecule is C/C(=N/NC(N)=S)c1ccc(Nc2nc(SCC(C)C)nc(-c3ccc(F)cc3)c2C#N)cc1. The highest BCUT2D eigenvalue weighted by Crippen LogP contribution is 2.31. The number of halogens is 1. The van der Waals surface area contributed by atoms with Crippen molar-refractivity contribution in [1.29, 1.82) is 5.26 Å². The lowest BCUT2D eigenvalue weighted by molar-refractivity contribution is 0.628. The molecule has 2 aromatic carbocycles. The molecule has 0 unspecified atom stereocenters. The topological polar surface area (TPSA) is 112 Å². The van der Waals surface area contributed by atoms with Crippen molar-refractivity contribution >= 4 is 46.3 Å². The van der Waals surface area contributed by atoms with E-state index in [9.17, 15) is 9.65 Å². The zero-order valence-corrected chi connectivity index (χ0v) is 20.6. The molecule has 0 radical (unpaired) electrons. The highest BCUT2D eigenvalue weighted by Gasteiger charge is 2.17. The standard InChI is InChI=1S/C24H24FN7S2/c1-14(2)13-34-24-29-21(17-4-8-18(25)9-5-17)20(12-26)22(30-24)28-19-10-6-16(7-11-19)15(3)31-32-23(27)33/h4-11,14H,13H2,1-3H3,(H3,27,32,33)(H,28,29,30)/b31-15-. The summed E-state index contributed by atoms with van der Waals surface area (Å²) < 4.78 is 13.5. The second-order valence-electron chi connectivity index (χ2n) is 7.78. The smallest absolute Gasteiger partial charge is 0.190 e. The molecule has 174 valence electrons. The Kier molecular flexibility index (Phi) is 8.51. The monoisotopic (exact) mass is 493 g/mol. The molecule has 0 aliphatic rings. The van der Waals surface area contributed by atoms with Crippen LogP contribution < -0.4 is 16.5 Å². The van der Waals surface area contributed by atoms with Crippen molar-refractivity contribution in [1.82, 2.24) is 15.4 Å². The maximum absolute atomic E-state index is 13.5. The van der Waals surface area contributed by atoms with Crippen LogP contribution in [0.3, 0.4) is 0 Å². The van der Waals surface area contributed by atoms with Crippen molar-refractivity contribution < 1.29 is 4.39 Å². The van der Waals surface area contributed by atoms with Crippen LogP contribution in [0.4, 0.5) is 15.9 Å². The van der Waals surface area contributed by atoms with Crippen LogP contribution in [0.1, 0.15) is 31.9 Å². The summed E-state index contributed by atoms with van der Waals surface area (Å²) in [6.07, 6.45) is 0. The van der Waals surface area contributed by atoms with Crippen LogP contribution in [-0.4, -0.2) is 26.5 Å². The van der Waals surface area contributed by atoms with Crippen molar-refractivity contribution in [3.05, 3.63) is 65.5 Å². The summed E-state index contributed by atoms with van der Waals surface area (Å²) >= 11 is 6.28. The average molecular weight is 494 g/mol. The fourth-order valence-corrected chi connectivity index (χ4v) is 3.73. The Morgan fingerprint density at radius 2 is 1.85 bits per heavy atom.